The molecule has 2 aromatic carbocycles. The van der Waals surface area contributed by atoms with Crippen LogP contribution in [0.15, 0.2) is 53.4 Å². The maximum Gasteiger partial charge on any atom is 0.573 e. The van der Waals surface area contributed by atoms with E-state index in [-0.39, 0.29) is 16.6 Å². The van der Waals surface area contributed by atoms with Crippen LogP contribution in [0.25, 0.3) is 0 Å². The largest absolute Gasteiger partial charge is 0.573 e. The van der Waals surface area contributed by atoms with E-state index in [0.717, 1.165) is 35.6 Å². The Labute approximate surface area is 177 Å². The van der Waals surface area contributed by atoms with Gasteiger partial charge >= 0.3 is 6.36 Å². The van der Waals surface area contributed by atoms with E-state index in [9.17, 15) is 21.6 Å². The standard InChI is InChI=1S/C16H12ClF3N4O4S2/c17-10-1-3-11(4-2-10)27-9-14-21-22-15(29-14)23-24-30(25,26)13-7-5-12(6-8-13)28-16(18,19)20/h1-8,24H,9H2,(H,22,23). The lowest BCUT2D eigenvalue weighted by atomic mass is 10.3. The minimum absolute atomic E-state index is 0.106. The van der Waals surface area contributed by atoms with Crippen molar-refractivity contribution in [2.45, 2.75) is 17.9 Å². The number of anilines is 1. The number of hydrazine groups is 1. The average molecular weight is 481 g/mol. The maximum absolute atomic E-state index is 12.2. The van der Waals surface area contributed by atoms with Crippen LogP contribution >= 0.6 is 22.9 Å². The highest BCUT2D eigenvalue weighted by atomic mass is 35.5. The molecular weight excluding hydrogens is 469 g/mol. The summed E-state index contributed by atoms with van der Waals surface area (Å²) in [4.78, 5) is 1.79. The summed E-state index contributed by atoms with van der Waals surface area (Å²) in [5, 5.41) is 8.83. The lowest BCUT2D eigenvalue weighted by Crippen LogP contribution is -2.29. The molecule has 0 saturated carbocycles. The van der Waals surface area contributed by atoms with Crippen molar-refractivity contribution in [2.24, 2.45) is 0 Å². The first kappa shape index (κ1) is 22.1. The van der Waals surface area contributed by atoms with Crippen LogP contribution in [0.3, 0.4) is 0 Å². The minimum atomic E-state index is -4.87. The first-order chi connectivity index (χ1) is 14.1. The van der Waals surface area contributed by atoms with E-state index in [1.807, 2.05) is 0 Å². The molecule has 2 N–H and O–H groups in total. The van der Waals surface area contributed by atoms with E-state index in [1.165, 1.54) is 0 Å². The summed E-state index contributed by atoms with van der Waals surface area (Å²) in [5.74, 6) is 0.0339. The molecule has 14 heteroatoms. The number of aromatic nitrogens is 2. The molecule has 1 heterocycles. The fourth-order valence-corrected chi connectivity index (χ4v) is 3.67. The molecule has 0 radical (unpaired) electrons. The number of alkyl halides is 3. The summed E-state index contributed by atoms with van der Waals surface area (Å²) < 4.78 is 70.2. The number of halogens is 4. The van der Waals surface area contributed by atoms with Crippen molar-refractivity contribution in [3.63, 3.8) is 0 Å². The molecule has 0 aliphatic heterocycles. The summed E-state index contributed by atoms with van der Waals surface area (Å²) in [6.45, 7) is 0.106. The molecule has 30 heavy (non-hydrogen) atoms. The second-order valence-corrected chi connectivity index (χ2v) is 8.67. The number of nitrogens with one attached hydrogen (secondary N) is 2. The van der Waals surface area contributed by atoms with Gasteiger partial charge < -0.3 is 9.47 Å². The Kier molecular flexibility index (Phi) is 6.65. The lowest BCUT2D eigenvalue weighted by molar-refractivity contribution is -0.274. The summed E-state index contributed by atoms with van der Waals surface area (Å²) >= 11 is 6.83. The second-order valence-electron chi connectivity index (χ2n) is 5.49. The molecule has 0 saturated heterocycles. The van der Waals surface area contributed by atoms with E-state index >= 15 is 0 Å². The molecule has 0 unspecified atom stereocenters. The van der Waals surface area contributed by atoms with Crippen molar-refractivity contribution in [2.75, 3.05) is 5.43 Å². The van der Waals surface area contributed by atoms with Gasteiger partial charge in [-0.3, -0.25) is 5.43 Å². The van der Waals surface area contributed by atoms with Crippen LogP contribution in [0.2, 0.25) is 5.02 Å². The third-order valence-corrected chi connectivity index (χ3v) is 5.63. The molecule has 0 amide bonds. The van der Waals surface area contributed by atoms with Gasteiger partial charge in [-0.05, 0) is 48.5 Å². The van der Waals surface area contributed by atoms with Crippen LogP contribution in [0.1, 0.15) is 5.01 Å². The van der Waals surface area contributed by atoms with Crippen LogP contribution in [-0.4, -0.2) is 25.0 Å². The van der Waals surface area contributed by atoms with Crippen molar-refractivity contribution >= 4 is 38.1 Å². The summed E-state index contributed by atoms with van der Waals surface area (Å²) in [5.41, 5.74) is 2.39. The van der Waals surface area contributed by atoms with Crippen molar-refractivity contribution in [3.8, 4) is 11.5 Å². The van der Waals surface area contributed by atoms with Crippen molar-refractivity contribution < 1.29 is 31.1 Å². The topological polar surface area (TPSA) is 102 Å². The SMILES string of the molecule is O=S(=O)(NNc1nnc(COc2ccc(Cl)cc2)s1)c1ccc(OC(F)(F)F)cc1. The van der Waals surface area contributed by atoms with E-state index in [0.29, 0.717) is 15.8 Å². The number of hydrogen-bond acceptors (Lipinski definition) is 8. The summed E-state index contributed by atoms with van der Waals surface area (Å²) in [6, 6.07) is 10.4. The molecule has 1 aromatic heterocycles. The van der Waals surface area contributed by atoms with Crippen LogP contribution in [0, 0.1) is 0 Å². The van der Waals surface area contributed by atoms with Crippen molar-refractivity contribution in [1.82, 2.24) is 15.0 Å². The van der Waals surface area contributed by atoms with Gasteiger partial charge in [-0.2, -0.15) is 0 Å². The predicted molar refractivity (Wildman–Crippen MR) is 103 cm³/mol. The fraction of sp³-hybridized carbons (Fsp3) is 0.125. The molecule has 0 bridgehead atoms. The molecule has 0 aliphatic rings. The Morgan fingerprint density at radius 3 is 2.27 bits per heavy atom. The second kappa shape index (κ2) is 9.04. The Morgan fingerprint density at radius 2 is 1.63 bits per heavy atom. The summed E-state index contributed by atoms with van der Waals surface area (Å²) in [7, 11) is -4.07. The smallest absolute Gasteiger partial charge is 0.486 e. The Bertz CT molecular complexity index is 1090. The first-order valence-electron chi connectivity index (χ1n) is 7.95. The van der Waals surface area contributed by atoms with Gasteiger partial charge in [0.05, 0.1) is 4.90 Å². The third-order valence-electron chi connectivity index (χ3n) is 3.30. The molecule has 0 fully saturated rings. The Balaban J connectivity index is 1.55. The van der Waals surface area contributed by atoms with Crippen molar-refractivity contribution in [3.05, 3.63) is 58.6 Å². The summed E-state index contributed by atoms with van der Waals surface area (Å²) in [6.07, 6.45) is -4.87. The molecular formula is C16H12ClF3N4O4S2. The highest BCUT2D eigenvalue weighted by Crippen LogP contribution is 2.24. The van der Waals surface area contributed by atoms with E-state index in [2.05, 4.69) is 25.2 Å². The van der Waals surface area contributed by atoms with Gasteiger partial charge in [-0.1, -0.05) is 22.9 Å². The molecule has 0 spiro atoms. The first-order valence-corrected chi connectivity index (χ1v) is 10.6. The van der Waals surface area contributed by atoms with Gasteiger partial charge in [0.2, 0.25) is 5.13 Å². The predicted octanol–water partition coefficient (Wildman–Crippen LogP) is 3.97. The van der Waals surface area contributed by atoms with Crippen LogP contribution in [0.5, 0.6) is 11.5 Å². The quantitative estimate of drug-likeness (QED) is 0.470. The van der Waals surface area contributed by atoms with Gasteiger partial charge in [0, 0.05) is 5.02 Å². The molecule has 0 aliphatic carbocycles. The van der Waals surface area contributed by atoms with Gasteiger partial charge in [0.15, 0.2) is 5.01 Å². The van der Waals surface area contributed by atoms with E-state index in [4.69, 9.17) is 16.3 Å². The molecule has 8 nitrogen and oxygen atoms in total. The van der Waals surface area contributed by atoms with Gasteiger partial charge in [0.25, 0.3) is 10.0 Å². The minimum Gasteiger partial charge on any atom is -0.486 e. The van der Waals surface area contributed by atoms with E-state index < -0.39 is 22.1 Å². The number of sulfonamides is 1. The van der Waals surface area contributed by atoms with Gasteiger partial charge in [-0.15, -0.1) is 28.2 Å². The zero-order valence-corrected chi connectivity index (χ0v) is 17.1. The number of ether oxygens (including phenoxy) is 2. The molecule has 0 atom stereocenters. The van der Waals surface area contributed by atoms with Crippen LogP contribution in [-0.2, 0) is 16.6 Å². The molecule has 3 aromatic rings. The normalized spacial score (nSPS) is 11.9. The fourth-order valence-electron chi connectivity index (χ4n) is 2.03. The highest BCUT2D eigenvalue weighted by Gasteiger charge is 2.31. The lowest BCUT2D eigenvalue weighted by Gasteiger charge is -2.10. The zero-order chi connectivity index (χ0) is 21.8. The van der Waals surface area contributed by atoms with Crippen LogP contribution in [0.4, 0.5) is 18.3 Å². The molecule has 160 valence electrons. The van der Waals surface area contributed by atoms with E-state index in [1.54, 1.807) is 24.3 Å². The number of nitrogens with zero attached hydrogens (tertiary/aromatic N) is 2. The van der Waals surface area contributed by atoms with Gasteiger partial charge in [-0.25, -0.2) is 8.42 Å². The zero-order valence-electron chi connectivity index (χ0n) is 14.7. The van der Waals surface area contributed by atoms with Crippen molar-refractivity contribution in [1.29, 1.82) is 0 Å². The maximum atomic E-state index is 12.2. The number of hydrogen-bond donors (Lipinski definition) is 2. The highest BCUT2D eigenvalue weighted by molar-refractivity contribution is 7.89. The average Bonchev–Trinajstić information content (AvgIpc) is 3.13. The molecule has 3 rings (SSSR count). The Hall–Kier alpha value is -2.61. The number of benzene rings is 2. The van der Waals surface area contributed by atoms with Gasteiger partial charge in [0.1, 0.15) is 18.1 Å². The van der Waals surface area contributed by atoms with Crippen LogP contribution < -0.4 is 19.7 Å². The Morgan fingerprint density at radius 1 is 1.00 bits per heavy atom. The third kappa shape index (κ3) is 6.45. The monoisotopic (exact) mass is 480 g/mol. The number of rotatable bonds is 8.